The van der Waals surface area contributed by atoms with Crippen LogP contribution in [0.5, 0.6) is 0 Å². The molecule has 0 bridgehead atoms. The summed E-state index contributed by atoms with van der Waals surface area (Å²) in [6, 6.07) is 7.71. The molecule has 0 aliphatic heterocycles. The molecule has 0 spiro atoms. The summed E-state index contributed by atoms with van der Waals surface area (Å²) in [6.07, 6.45) is 3.79. The molecule has 1 aromatic heterocycles. The second-order valence-corrected chi connectivity index (χ2v) is 5.59. The monoisotopic (exact) mass is 276 g/mol. The van der Waals surface area contributed by atoms with Crippen molar-refractivity contribution in [3.8, 4) is 6.07 Å². The molecule has 0 unspecified atom stereocenters. The second-order valence-electron chi connectivity index (χ2n) is 3.82. The molecule has 19 heavy (non-hydrogen) atoms. The van der Waals surface area contributed by atoms with Gasteiger partial charge in [0.1, 0.15) is 5.82 Å². The molecule has 6 nitrogen and oxygen atoms in total. The highest BCUT2D eigenvalue weighted by molar-refractivity contribution is 7.89. The zero-order chi connectivity index (χ0) is 13.7. The van der Waals surface area contributed by atoms with E-state index in [1.807, 2.05) is 6.07 Å². The molecule has 98 valence electrons. The minimum Gasteiger partial charge on any atom is -0.349 e. The molecule has 0 fully saturated rings. The third-order valence-electron chi connectivity index (χ3n) is 2.50. The van der Waals surface area contributed by atoms with Crippen LogP contribution in [0.2, 0.25) is 0 Å². The zero-order valence-electron chi connectivity index (χ0n) is 10.00. The Bertz CT molecular complexity index is 670. The standard InChI is InChI=1S/C12H12N4O2S/c13-9-10-1-3-11(4-2-10)19(17,18)16-6-5-12-14-7-8-15-12/h1-4,7-8,16H,5-6H2,(H,14,15). The number of nitrogens with zero attached hydrogens (tertiary/aromatic N) is 2. The van der Waals surface area contributed by atoms with Crippen LogP contribution in [0.1, 0.15) is 11.4 Å². The van der Waals surface area contributed by atoms with Gasteiger partial charge in [0.2, 0.25) is 10.0 Å². The molecule has 0 radical (unpaired) electrons. The predicted molar refractivity (Wildman–Crippen MR) is 68.6 cm³/mol. The molecule has 0 saturated carbocycles. The maximum Gasteiger partial charge on any atom is 0.240 e. The smallest absolute Gasteiger partial charge is 0.240 e. The topological polar surface area (TPSA) is 98.6 Å². The molecule has 1 heterocycles. The molecule has 2 rings (SSSR count). The van der Waals surface area contributed by atoms with Crippen molar-refractivity contribution in [2.45, 2.75) is 11.3 Å². The molecule has 0 aliphatic rings. The lowest BCUT2D eigenvalue weighted by atomic mass is 10.2. The highest BCUT2D eigenvalue weighted by Crippen LogP contribution is 2.09. The quantitative estimate of drug-likeness (QED) is 0.843. The molecule has 0 aliphatic carbocycles. The van der Waals surface area contributed by atoms with Gasteiger partial charge in [0.05, 0.1) is 16.5 Å². The zero-order valence-corrected chi connectivity index (χ0v) is 10.8. The molecule has 0 atom stereocenters. The van der Waals surface area contributed by atoms with E-state index in [4.69, 9.17) is 5.26 Å². The first-order valence-corrected chi connectivity index (χ1v) is 7.08. The number of benzene rings is 1. The molecule has 0 saturated heterocycles. The molecule has 2 aromatic rings. The van der Waals surface area contributed by atoms with Crippen molar-refractivity contribution in [3.05, 3.63) is 48.0 Å². The number of hydrogen-bond acceptors (Lipinski definition) is 4. The summed E-state index contributed by atoms with van der Waals surface area (Å²) in [5.41, 5.74) is 0.425. The first-order chi connectivity index (χ1) is 9.12. The molecule has 0 amide bonds. The maximum absolute atomic E-state index is 11.9. The number of aromatic nitrogens is 2. The van der Waals surface area contributed by atoms with Gasteiger partial charge in [-0.2, -0.15) is 5.26 Å². The van der Waals surface area contributed by atoms with E-state index >= 15 is 0 Å². The van der Waals surface area contributed by atoms with E-state index in [9.17, 15) is 8.42 Å². The van der Waals surface area contributed by atoms with Crippen molar-refractivity contribution in [2.24, 2.45) is 0 Å². The van der Waals surface area contributed by atoms with E-state index < -0.39 is 10.0 Å². The molecule has 7 heteroatoms. The largest absolute Gasteiger partial charge is 0.349 e. The van der Waals surface area contributed by atoms with Gasteiger partial charge in [0.15, 0.2) is 0 Å². The van der Waals surface area contributed by atoms with Gasteiger partial charge >= 0.3 is 0 Å². The summed E-state index contributed by atoms with van der Waals surface area (Å²) in [7, 11) is -3.54. The van der Waals surface area contributed by atoms with Crippen LogP contribution in [0.3, 0.4) is 0 Å². The number of nitrogens with one attached hydrogen (secondary N) is 2. The highest BCUT2D eigenvalue weighted by atomic mass is 32.2. The van der Waals surface area contributed by atoms with E-state index in [0.29, 0.717) is 12.0 Å². The molecule has 2 N–H and O–H groups in total. The van der Waals surface area contributed by atoms with E-state index in [1.165, 1.54) is 24.3 Å². The lowest BCUT2D eigenvalue weighted by molar-refractivity contribution is 0.581. The Morgan fingerprint density at radius 3 is 2.63 bits per heavy atom. The average molecular weight is 276 g/mol. The van der Waals surface area contributed by atoms with Gasteiger partial charge in [-0.15, -0.1) is 0 Å². The molecular weight excluding hydrogens is 264 g/mol. The summed E-state index contributed by atoms with van der Waals surface area (Å²) in [6.45, 7) is 0.260. The average Bonchev–Trinajstić information content (AvgIpc) is 2.92. The third kappa shape index (κ3) is 3.40. The lowest BCUT2D eigenvalue weighted by Gasteiger charge is -2.05. The van der Waals surface area contributed by atoms with Gasteiger partial charge in [-0.25, -0.2) is 18.1 Å². The first kappa shape index (κ1) is 13.3. The Balaban J connectivity index is 1.99. The van der Waals surface area contributed by atoms with E-state index in [0.717, 1.165) is 5.82 Å². The van der Waals surface area contributed by atoms with Crippen LogP contribution in [0.4, 0.5) is 0 Å². The summed E-state index contributed by atoms with van der Waals surface area (Å²) in [4.78, 5) is 7.05. The van der Waals surface area contributed by atoms with Gasteiger partial charge in [-0.05, 0) is 24.3 Å². The second kappa shape index (κ2) is 5.65. The Morgan fingerprint density at radius 2 is 2.05 bits per heavy atom. The van der Waals surface area contributed by atoms with Crippen molar-refractivity contribution in [2.75, 3.05) is 6.54 Å². The van der Waals surface area contributed by atoms with Gasteiger partial charge in [-0.1, -0.05) is 0 Å². The SMILES string of the molecule is N#Cc1ccc(S(=O)(=O)NCCc2ncc[nH]2)cc1. The number of sulfonamides is 1. The Morgan fingerprint density at radius 1 is 1.32 bits per heavy atom. The fourth-order valence-corrected chi connectivity index (χ4v) is 2.56. The summed E-state index contributed by atoms with van der Waals surface area (Å²) in [5.74, 6) is 0.725. The van der Waals surface area contributed by atoms with Crippen LogP contribution < -0.4 is 4.72 Å². The minimum atomic E-state index is -3.54. The maximum atomic E-state index is 11.9. The van der Waals surface area contributed by atoms with Gasteiger partial charge in [0, 0.05) is 25.4 Å². The Labute approximate surface area is 111 Å². The van der Waals surface area contributed by atoms with Crippen molar-refractivity contribution in [1.82, 2.24) is 14.7 Å². The summed E-state index contributed by atoms with van der Waals surface area (Å²) >= 11 is 0. The summed E-state index contributed by atoms with van der Waals surface area (Å²) < 4.78 is 26.4. The number of hydrogen-bond donors (Lipinski definition) is 2. The van der Waals surface area contributed by atoms with Gasteiger partial charge < -0.3 is 4.98 Å². The summed E-state index contributed by atoms with van der Waals surface area (Å²) in [5, 5.41) is 8.65. The third-order valence-corrected chi connectivity index (χ3v) is 3.98. The first-order valence-electron chi connectivity index (χ1n) is 5.60. The van der Waals surface area contributed by atoms with Gasteiger partial charge in [-0.3, -0.25) is 0 Å². The predicted octanol–water partition coefficient (Wildman–Crippen LogP) is 0.802. The highest BCUT2D eigenvalue weighted by Gasteiger charge is 2.13. The van der Waals surface area contributed by atoms with E-state index in [2.05, 4.69) is 14.7 Å². The van der Waals surface area contributed by atoms with E-state index in [-0.39, 0.29) is 11.4 Å². The van der Waals surface area contributed by atoms with Crippen LogP contribution in [-0.2, 0) is 16.4 Å². The minimum absolute atomic E-state index is 0.144. The molecule has 1 aromatic carbocycles. The number of rotatable bonds is 5. The van der Waals surface area contributed by atoms with Crippen molar-refractivity contribution in [3.63, 3.8) is 0 Å². The van der Waals surface area contributed by atoms with Crippen molar-refractivity contribution in [1.29, 1.82) is 5.26 Å². The fourth-order valence-electron chi connectivity index (χ4n) is 1.53. The van der Waals surface area contributed by atoms with Crippen molar-refractivity contribution < 1.29 is 8.42 Å². The van der Waals surface area contributed by atoms with Gasteiger partial charge in [0.25, 0.3) is 0 Å². The number of H-pyrrole nitrogens is 1. The van der Waals surface area contributed by atoms with Crippen LogP contribution >= 0.6 is 0 Å². The van der Waals surface area contributed by atoms with Crippen LogP contribution in [-0.4, -0.2) is 24.9 Å². The normalized spacial score (nSPS) is 11.1. The van der Waals surface area contributed by atoms with E-state index in [1.54, 1.807) is 12.4 Å². The van der Waals surface area contributed by atoms with Crippen LogP contribution in [0.25, 0.3) is 0 Å². The number of nitriles is 1. The fraction of sp³-hybridized carbons (Fsp3) is 0.167. The van der Waals surface area contributed by atoms with Crippen LogP contribution in [0.15, 0.2) is 41.6 Å². The Kier molecular flexibility index (Phi) is 3.94. The Hall–Kier alpha value is -2.17. The molecular formula is C12H12N4O2S. The van der Waals surface area contributed by atoms with Crippen molar-refractivity contribution >= 4 is 10.0 Å². The lowest BCUT2D eigenvalue weighted by Crippen LogP contribution is -2.26. The van der Waals surface area contributed by atoms with Crippen LogP contribution in [0, 0.1) is 11.3 Å². The number of aromatic amines is 1. The number of imidazole rings is 1.